The Morgan fingerprint density at radius 2 is 1.12 bits per heavy atom. The minimum atomic E-state index is -0.481. The lowest BCUT2D eigenvalue weighted by molar-refractivity contribution is -0.0306. The molecule has 2 fully saturated rings. The standard InChI is InChI=1S/2C11H21NO4/c2*1-11(2,3)16-10(14)12-8-4-5-15-9(6-8)7-13/h2*8-9,13H,4-7H2,1-3H3,(H,12,14)/t2*8-,9+/m10/s1. The largest absolute Gasteiger partial charge is 0.444 e. The summed E-state index contributed by atoms with van der Waals surface area (Å²) in [7, 11) is 0. The van der Waals surface area contributed by atoms with Crippen LogP contribution in [0.3, 0.4) is 0 Å². The topological polar surface area (TPSA) is 136 Å². The molecule has 0 aromatic carbocycles. The predicted octanol–water partition coefficient (Wildman–Crippen LogP) is 2.10. The van der Waals surface area contributed by atoms with Gasteiger partial charge < -0.3 is 39.8 Å². The number of hydrogen-bond donors (Lipinski definition) is 4. The molecule has 2 aliphatic heterocycles. The molecule has 10 heteroatoms. The van der Waals surface area contributed by atoms with Gasteiger partial charge in [0, 0.05) is 25.3 Å². The quantitative estimate of drug-likeness (QED) is 0.499. The summed E-state index contributed by atoms with van der Waals surface area (Å²) < 4.78 is 20.9. The predicted molar refractivity (Wildman–Crippen MR) is 118 cm³/mol. The third-order valence-electron chi connectivity index (χ3n) is 4.58. The van der Waals surface area contributed by atoms with Crippen LogP contribution in [0.25, 0.3) is 0 Å². The molecular formula is C22H42N2O8. The number of carbonyl (C=O) groups is 2. The van der Waals surface area contributed by atoms with Crippen molar-refractivity contribution in [3.05, 3.63) is 0 Å². The molecule has 0 aromatic heterocycles. The van der Waals surface area contributed by atoms with Crippen LogP contribution in [0.2, 0.25) is 0 Å². The average Bonchev–Trinajstić information content (AvgIpc) is 2.65. The number of ether oxygens (including phenoxy) is 4. The van der Waals surface area contributed by atoms with Crippen molar-refractivity contribution < 1.29 is 38.7 Å². The van der Waals surface area contributed by atoms with Crippen molar-refractivity contribution in [3.8, 4) is 0 Å². The second kappa shape index (κ2) is 13.2. The molecule has 2 rings (SSSR count). The fourth-order valence-electron chi connectivity index (χ4n) is 3.23. The average molecular weight is 463 g/mol. The fraction of sp³-hybridized carbons (Fsp3) is 0.909. The van der Waals surface area contributed by atoms with Gasteiger partial charge in [-0.05, 0) is 67.2 Å². The monoisotopic (exact) mass is 462 g/mol. The van der Waals surface area contributed by atoms with Crippen LogP contribution in [0.5, 0.6) is 0 Å². The maximum Gasteiger partial charge on any atom is 0.407 e. The Hall–Kier alpha value is -1.62. The second-order valence-electron chi connectivity index (χ2n) is 10.1. The molecule has 2 heterocycles. The molecule has 4 N–H and O–H groups in total. The highest BCUT2D eigenvalue weighted by Gasteiger charge is 2.26. The molecule has 32 heavy (non-hydrogen) atoms. The number of nitrogens with one attached hydrogen (secondary N) is 2. The SMILES string of the molecule is CC(C)(C)OC(=O)N[C@@H]1CCO[C@H](CO)C1.CC(C)(C)OC(=O)N[C@H]1CCO[C@@H](CO)C1. The first kappa shape index (κ1) is 28.4. The molecule has 2 amide bonds. The first-order chi connectivity index (χ1) is 14.8. The van der Waals surface area contributed by atoms with Crippen LogP contribution >= 0.6 is 0 Å². The zero-order chi connectivity index (χ0) is 24.4. The molecule has 0 aromatic rings. The number of carbonyl (C=O) groups excluding carboxylic acids is 2. The van der Waals surface area contributed by atoms with Crippen LogP contribution in [0.1, 0.15) is 67.2 Å². The van der Waals surface area contributed by atoms with E-state index in [4.69, 9.17) is 29.2 Å². The molecule has 0 spiro atoms. The molecule has 2 aliphatic rings. The molecule has 2 saturated heterocycles. The summed E-state index contributed by atoms with van der Waals surface area (Å²) in [6.45, 7) is 12.1. The van der Waals surface area contributed by atoms with Crippen LogP contribution in [0.4, 0.5) is 9.59 Å². The van der Waals surface area contributed by atoms with E-state index in [0.717, 1.165) is 12.8 Å². The highest BCUT2D eigenvalue weighted by atomic mass is 16.6. The number of alkyl carbamates (subject to hydrolysis) is 2. The van der Waals surface area contributed by atoms with Crippen molar-refractivity contribution in [1.29, 1.82) is 0 Å². The van der Waals surface area contributed by atoms with E-state index in [-0.39, 0.29) is 37.5 Å². The van der Waals surface area contributed by atoms with E-state index in [1.54, 1.807) is 0 Å². The second-order valence-corrected chi connectivity index (χ2v) is 10.1. The number of rotatable bonds is 4. The van der Waals surface area contributed by atoms with Crippen molar-refractivity contribution in [2.75, 3.05) is 26.4 Å². The van der Waals surface area contributed by atoms with Crippen molar-refractivity contribution >= 4 is 12.2 Å². The van der Waals surface area contributed by atoms with Gasteiger partial charge in [0.05, 0.1) is 25.4 Å². The Morgan fingerprint density at radius 1 is 0.781 bits per heavy atom. The molecule has 0 unspecified atom stereocenters. The molecule has 188 valence electrons. The first-order valence-electron chi connectivity index (χ1n) is 11.2. The molecule has 4 atom stereocenters. The van der Waals surface area contributed by atoms with Gasteiger partial charge in [0.1, 0.15) is 11.2 Å². The third-order valence-corrected chi connectivity index (χ3v) is 4.58. The lowest BCUT2D eigenvalue weighted by Gasteiger charge is -2.30. The van der Waals surface area contributed by atoms with Gasteiger partial charge in [-0.2, -0.15) is 0 Å². The number of hydrogen-bond acceptors (Lipinski definition) is 8. The van der Waals surface area contributed by atoms with Crippen LogP contribution in [0.15, 0.2) is 0 Å². The van der Waals surface area contributed by atoms with E-state index < -0.39 is 23.4 Å². The van der Waals surface area contributed by atoms with Crippen molar-refractivity contribution in [2.45, 2.75) is 103 Å². The van der Waals surface area contributed by atoms with Gasteiger partial charge in [0.25, 0.3) is 0 Å². The Balaban J connectivity index is 0.000000320. The number of aliphatic hydroxyl groups excluding tert-OH is 2. The van der Waals surface area contributed by atoms with Gasteiger partial charge in [-0.3, -0.25) is 0 Å². The maximum atomic E-state index is 11.5. The van der Waals surface area contributed by atoms with Gasteiger partial charge in [0.2, 0.25) is 0 Å². The van der Waals surface area contributed by atoms with Gasteiger partial charge in [0.15, 0.2) is 0 Å². The van der Waals surface area contributed by atoms with Crippen LogP contribution in [-0.4, -0.2) is 84.3 Å². The molecule has 0 radical (unpaired) electrons. The Kier molecular flexibility index (Phi) is 11.7. The smallest absolute Gasteiger partial charge is 0.407 e. The molecule has 0 saturated carbocycles. The molecular weight excluding hydrogens is 420 g/mol. The number of amides is 2. The third kappa shape index (κ3) is 13.0. The summed E-state index contributed by atoms with van der Waals surface area (Å²) in [6, 6.07) is 0.0569. The van der Waals surface area contributed by atoms with Crippen LogP contribution < -0.4 is 10.6 Å². The van der Waals surface area contributed by atoms with Gasteiger partial charge in [-0.15, -0.1) is 0 Å². The summed E-state index contributed by atoms with van der Waals surface area (Å²) in [5.74, 6) is 0. The normalized spacial score (nSPS) is 26.2. The Morgan fingerprint density at radius 3 is 1.41 bits per heavy atom. The van der Waals surface area contributed by atoms with E-state index in [1.807, 2.05) is 41.5 Å². The number of aliphatic hydroxyl groups is 2. The van der Waals surface area contributed by atoms with E-state index in [0.29, 0.717) is 26.1 Å². The Labute approximate surface area is 191 Å². The van der Waals surface area contributed by atoms with E-state index in [2.05, 4.69) is 10.6 Å². The van der Waals surface area contributed by atoms with Crippen molar-refractivity contribution in [1.82, 2.24) is 10.6 Å². The van der Waals surface area contributed by atoms with Crippen molar-refractivity contribution in [3.63, 3.8) is 0 Å². The summed E-state index contributed by atoms with van der Waals surface area (Å²) in [6.07, 6.45) is 1.63. The van der Waals surface area contributed by atoms with Gasteiger partial charge >= 0.3 is 12.2 Å². The summed E-state index contributed by atoms with van der Waals surface area (Å²) >= 11 is 0. The zero-order valence-corrected chi connectivity index (χ0v) is 20.3. The van der Waals surface area contributed by atoms with Crippen LogP contribution in [-0.2, 0) is 18.9 Å². The zero-order valence-electron chi connectivity index (χ0n) is 20.3. The van der Waals surface area contributed by atoms with E-state index in [9.17, 15) is 9.59 Å². The highest BCUT2D eigenvalue weighted by Crippen LogP contribution is 2.16. The summed E-state index contributed by atoms with van der Waals surface area (Å²) in [4.78, 5) is 23.0. The molecule has 0 aliphatic carbocycles. The molecule has 10 nitrogen and oxygen atoms in total. The van der Waals surface area contributed by atoms with E-state index in [1.165, 1.54) is 0 Å². The summed E-state index contributed by atoms with van der Waals surface area (Å²) in [5, 5.41) is 23.5. The minimum absolute atomic E-state index is 0.00744. The van der Waals surface area contributed by atoms with Crippen LogP contribution in [0, 0.1) is 0 Å². The molecule has 0 bridgehead atoms. The maximum absolute atomic E-state index is 11.5. The summed E-state index contributed by atoms with van der Waals surface area (Å²) in [5.41, 5.74) is -0.961. The lowest BCUT2D eigenvalue weighted by Crippen LogP contribution is -2.44. The van der Waals surface area contributed by atoms with Gasteiger partial charge in [-0.25, -0.2) is 9.59 Å². The lowest BCUT2D eigenvalue weighted by atomic mass is 10.0. The Bertz CT molecular complexity index is 523. The van der Waals surface area contributed by atoms with Crippen molar-refractivity contribution in [2.24, 2.45) is 0 Å². The first-order valence-corrected chi connectivity index (χ1v) is 11.2. The highest BCUT2D eigenvalue weighted by molar-refractivity contribution is 5.68. The van der Waals surface area contributed by atoms with E-state index >= 15 is 0 Å². The minimum Gasteiger partial charge on any atom is -0.444 e. The van der Waals surface area contributed by atoms with Gasteiger partial charge in [-0.1, -0.05) is 0 Å². The fourth-order valence-corrected chi connectivity index (χ4v) is 3.23.